The Labute approximate surface area is 73.7 Å². The third-order valence-electron chi connectivity index (χ3n) is 1.08. The van der Waals surface area contributed by atoms with Crippen LogP contribution in [0.2, 0.25) is 10.0 Å². The number of hydrogen-bond acceptors (Lipinski definition) is 2. The highest BCUT2D eigenvalue weighted by Gasteiger charge is 2.04. The fourth-order valence-electron chi connectivity index (χ4n) is 0.643. The second-order valence-corrected chi connectivity index (χ2v) is 2.58. The number of benzene rings is 1. The Bertz CT molecular complexity index is 253. The van der Waals surface area contributed by atoms with Crippen LogP contribution >= 0.6 is 23.2 Å². The number of carbonyl (C=O) groups is 1. The van der Waals surface area contributed by atoms with Gasteiger partial charge in [-0.1, -0.05) is 29.3 Å². The zero-order chi connectivity index (χ0) is 8.27. The minimum absolute atomic E-state index is 0.200. The highest BCUT2D eigenvalue weighted by atomic mass is 35.5. The van der Waals surface area contributed by atoms with E-state index < -0.39 is 0 Å². The first-order chi connectivity index (χ1) is 5.25. The van der Waals surface area contributed by atoms with Gasteiger partial charge in [0.15, 0.2) is 5.75 Å². The number of hydrogen-bond donors (Lipinski definition) is 0. The average molecular weight is 191 g/mol. The highest BCUT2D eigenvalue weighted by molar-refractivity contribution is 6.37. The summed E-state index contributed by atoms with van der Waals surface area (Å²) in [6.07, 6.45) is 0. The van der Waals surface area contributed by atoms with Crippen LogP contribution in [-0.4, -0.2) is 6.47 Å². The molecule has 0 radical (unpaired) electrons. The fraction of sp³-hybridized carbons (Fsp3) is 0. The summed E-state index contributed by atoms with van der Waals surface area (Å²) < 4.78 is 4.52. The molecule has 1 aromatic carbocycles. The molecular formula is C7H4Cl2O2. The smallest absolute Gasteiger partial charge is 0.298 e. The first kappa shape index (κ1) is 8.37. The van der Waals surface area contributed by atoms with Gasteiger partial charge < -0.3 is 4.74 Å². The Kier molecular flexibility index (Phi) is 2.74. The van der Waals surface area contributed by atoms with Gasteiger partial charge in [0.2, 0.25) is 0 Å². The molecule has 2 nitrogen and oxygen atoms in total. The van der Waals surface area contributed by atoms with Gasteiger partial charge in [-0.2, -0.15) is 0 Å². The van der Waals surface area contributed by atoms with Crippen molar-refractivity contribution >= 4 is 29.7 Å². The predicted molar refractivity (Wildman–Crippen MR) is 43.2 cm³/mol. The number of para-hydroxylation sites is 1. The van der Waals surface area contributed by atoms with Crippen LogP contribution in [0.25, 0.3) is 0 Å². The molecule has 0 saturated carbocycles. The van der Waals surface area contributed by atoms with Gasteiger partial charge in [-0.25, -0.2) is 0 Å². The van der Waals surface area contributed by atoms with E-state index in [-0.39, 0.29) is 12.2 Å². The molecule has 0 saturated heterocycles. The van der Waals surface area contributed by atoms with Gasteiger partial charge in [0.05, 0.1) is 10.0 Å². The molecule has 0 aliphatic carbocycles. The Hall–Kier alpha value is -0.730. The molecule has 4 heteroatoms. The van der Waals surface area contributed by atoms with Crippen molar-refractivity contribution < 1.29 is 9.53 Å². The SMILES string of the molecule is O=COc1c(Cl)cccc1Cl. The second kappa shape index (κ2) is 3.60. The van der Waals surface area contributed by atoms with Crippen LogP contribution < -0.4 is 4.74 Å². The zero-order valence-corrected chi connectivity index (χ0v) is 6.89. The number of halogens is 2. The quantitative estimate of drug-likeness (QED) is 0.671. The van der Waals surface area contributed by atoms with Gasteiger partial charge in [0.25, 0.3) is 6.47 Å². The number of carbonyl (C=O) groups excluding carboxylic acids is 1. The van der Waals surface area contributed by atoms with Crippen LogP contribution in [-0.2, 0) is 4.79 Å². The summed E-state index contributed by atoms with van der Waals surface area (Å²) in [6, 6.07) is 4.85. The van der Waals surface area contributed by atoms with E-state index in [9.17, 15) is 4.79 Å². The molecule has 0 atom stereocenters. The maximum atomic E-state index is 9.94. The molecule has 0 aromatic heterocycles. The molecule has 0 fully saturated rings. The van der Waals surface area contributed by atoms with E-state index in [1.54, 1.807) is 18.2 Å². The Morgan fingerprint density at radius 3 is 2.27 bits per heavy atom. The lowest BCUT2D eigenvalue weighted by Crippen LogP contribution is -1.89. The van der Waals surface area contributed by atoms with Gasteiger partial charge in [-0.15, -0.1) is 0 Å². The minimum Gasteiger partial charge on any atom is -0.426 e. The van der Waals surface area contributed by atoms with Crippen LogP contribution in [0.3, 0.4) is 0 Å². The third kappa shape index (κ3) is 1.85. The van der Waals surface area contributed by atoms with Crippen LogP contribution in [0.5, 0.6) is 5.75 Å². The predicted octanol–water partition coefficient (Wildman–Crippen LogP) is 2.53. The Morgan fingerprint density at radius 1 is 1.27 bits per heavy atom. The second-order valence-electron chi connectivity index (χ2n) is 1.76. The summed E-state index contributed by atoms with van der Waals surface area (Å²) in [7, 11) is 0. The summed E-state index contributed by atoms with van der Waals surface area (Å²) in [5, 5.41) is 0.647. The van der Waals surface area contributed by atoms with Gasteiger partial charge in [0, 0.05) is 0 Å². The molecular weight excluding hydrogens is 187 g/mol. The summed E-state index contributed by atoms with van der Waals surface area (Å²) in [5.41, 5.74) is 0. The molecule has 11 heavy (non-hydrogen) atoms. The summed E-state index contributed by atoms with van der Waals surface area (Å²) in [5.74, 6) is 0.200. The summed E-state index contributed by atoms with van der Waals surface area (Å²) in [6.45, 7) is 0.285. The zero-order valence-electron chi connectivity index (χ0n) is 5.38. The molecule has 0 amide bonds. The first-order valence-corrected chi connectivity index (χ1v) is 3.55. The lowest BCUT2D eigenvalue weighted by molar-refractivity contribution is -0.120. The van der Waals surface area contributed by atoms with Crippen molar-refractivity contribution in [2.75, 3.05) is 0 Å². The van der Waals surface area contributed by atoms with Gasteiger partial charge in [0.1, 0.15) is 0 Å². The molecule has 0 bridgehead atoms. The van der Waals surface area contributed by atoms with E-state index in [0.717, 1.165) is 0 Å². The molecule has 0 aliphatic rings. The lowest BCUT2D eigenvalue weighted by atomic mass is 10.3. The molecule has 0 N–H and O–H groups in total. The number of rotatable bonds is 2. The van der Waals surface area contributed by atoms with Crippen LogP contribution in [0, 0.1) is 0 Å². The van der Waals surface area contributed by atoms with Gasteiger partial charge in [-0.05, 0) is 12.1 Å². The largest absolute Gasteiger partial charge is 0.426 e. The maximum absolute atomic E-state index is 9.94. The van der Waals surface area contributed by atoms with Crippen molar-refractivity contribution in [2.45, 2.75) is 0 Å². The Morgan fingerprint density at radius 2 is 1.82 bits per heavy atom. The van der Waals surface area contributed by atoms with Gasteiger partial charge in [-0.3, -0.25) is 4.79 Å². The molecule has 1 rings (SSSR count). The van der Waals surface area contributed by atoms with Crippen molar-refractivity contribution in [3.8, 4) is 5.75 Å². The molecule has 0 aliphatic heterocycles. The van der Waals surface area contributed by atoms with Crippen LogP contribution in [0.1, 0.15) is 0 Å². The summed E-state index contributed by atoms with van der Waals surface area (Å²) in [4.78, 5) is 9.94. The van der Waals surface area contributed by atoms with Crippen molar-refractivity contribution in [3.63, 3.8) is 0 Å². The van der Waals surface area contributed by atoms with E-state index >= 15 is 0 Å². The molecule has 0 spiro atoms. The molecule has 0 unspecified atom stereocenters. The lowest BCUT2D eigenvalue weighted by Gasteiger charge is -2.01. The van der Waals surface area contributed by atoms with E-state index in [1.807, 2.05) is 0 Å². The molecule has 58 valence electrons. The van der Waals surface area contributed by atoms with Crippen LogP contribution in [0.15, 0.2) is 18.2 Å². The Balaban J connectivity index is 3.09. The molecule has 0 heterocycles. The first-order valence-electron chi connectivity index (χ1n) is 2.80. The highest BCUT2D eigenvalue weighted by Crippen LogP contribution is 2.31. The maximum Gasteiger partial charge on any atom is 0.298 e. The topological polar surface area (TPSA) is 26.3 Å². The fourth-order valence-corrected chi connectivity index (χ4v) is 1.13. The normalized spacial score (nSPS) is 9.27. The van der Waals surface area contributed by atoms with E-state index in [0.29, 0.717) is 10.0 Å². The van der Waals surface area contributed by atoms with Crippen LogP contribution in [0.4, 0.5) is 0 Å². The average Bonchev–Trinajstić information content (AvgIpc) is 1.97. The van der Waals surface area contributed by atoms with Gasteiger partial charge >= 0.3 is 0 Å². The van der Waals surface area contributed by atoms with Crippen molar-refractivity contribution in [1.29, 1.82) is 0 Å². The van der Waals surface area contributed by atoms with E-state index in [2.05, 4.69) is 4.74 Å². The van der Waals surface area contributed by atoms with E-state index in [1.165, 1.54) is 0 Å². The standard InChI is InChI=1S/C7H4Cl2O2/c8-5-2-1-3-6(9)7(5)11-4-10/h1-4H. The molecule has 1 aromatic rings. The van der Waals surface area contributed by atoms with Crippen molar-refractivity contribution in [2.24, 2.45) is 0 Å². The number of ether oxygens (including phenoxy) is 1. The summed E-state index contributed by atoms with van der Waals surface area (Å²) >= 11 is 11.3. The monoisotopic (exact) mass is 190 g/mol. The van der Waals surface area contributed by atoms with Crippen molar-refractivity contribution in [1.82, 2.24) is 0 Å². The van der Waals surface area contributed by atoms with Crippen molar-refractivity contribution in [3.05, 3.63) is 28.2 Å². The van der Waals surface area contributed by atoms with E-state index in [4.69, 9.17) is 23.2 Å². The third-order valence-corrected chi connectivity index (χ3v) is 1.68. The minimum atomic E-state index is 0.200.